The Morgan fingerprint density at radius 2 is 1.67 bits per heavy atom. The van der Waals surface area contributed by atoms with Gasteiger partial charge in [0.2, 0.25) is 5.91 Å². The summed E-state index contributed by atoms with van der Waals surface area (Å²) in [6, 6.07) is 9.54. The number of anilines is 2. The molecule has 18 heteroatoms. The first-order valence-corrected chi connectivity index (χ1v) is 15.1. The maximum absolute atomic E-state index is 13.4. The lowest BCUT2D eigenvalue weighted by molar-refractivity contribution is -0.143. The molecule has 2 fully saturated rings. The van der Waals surface area contributed by atoms with Crippen molar-refractivity contribution in [2.24, 2.45) is 0 Å². The molecule has 10 nitrogen and oxygen atoms in total. The first-order valence-electron chi connectivity index (χ1n) is 13.9. The largest absolute Gasteiger partial charge is 0.478 e. The lowest BCUT2D eigenvalue weighted by atomic mass is 10.0. The molecule has 2 aromatic carbocycles. The summed E-state index contributed by atoms with van der Waals surface area (Å²) in [4.78, 5) is 43.6. The minimum atomic E-state index is -5.04. The summed E-state index contributed by atoms with van der Waals surface area (Å²) < 4.78 is 85.4. The number of halogens is 6. The summed E-state index contributed by atoms with van der Waals surface area (Å²) in [7, 11) is 0. The molecule has 2 saturated heterocycles. The zero-order valence-corrected chi connectivity index (χ0v) is 25.9. The normalized spacial score (nSPS) is 16.5. The van der Waals surface area contributed by atoms with Crippen LogP contribution < -0.4 is 15.6 Å². The van der Waals surface area contributed by atoms with E-state index in [2.05, 4.69) is 15.7 Å². The summed E-state index contributed by atoms with van der Waals surface area (Å²) in [5.74, 6) is -2.50. The highest BCUT2D eigenvalue weighted by molar-refractivity contribution is 8.26. The Balaban J connectivity index is 1.27. The average molecular weight is 712 g/mol. The lowest BCUT2D eigenvalue weighted by Gasteiger charge is -2.30. The molecule has 2 amide bonds. The van der Waals surface area contributed by atoms with Crippen LogP contribution in [0.4, 0.5) is 37.7 Å². The van der Waals surface area contributed by atoms with Crippen molar-refractivity contribution in [1.82, 2.24) is 15.4 Å². The predicted molar refractivity (Wildman–Crippen MR) is 168 cm³/mol. The Kier molecular flexibility index (Phi) is 10.1. The van der Waals surface area contributed by atoms with E-state index in [1.165, 1.54) is 30.3 Å². The van der Waals surface area contributed by atoms with Crippen LogP contribution in [0, 0.1) is 0 Å². The molecule has 0 spiro atoms. The lowest BCUT2D eigenvalue weighted by Crippen LogP contribution is -2.45. The van der Waals surface area contributed by atoms with Crippen molar-refractivity contribution in [3.8, 4) is 11.3 Å². The van der Waals surface area contributed by atoms with Crippen LogP contribution in [0.25, 0.3) is 17.3 Å². The molecule has 3 N–H and O–H groups in total. The summed E-state index contributed by atoms with van der Waals surface area (Å²) in [6.07, 6.45) is -8.83. The molecule has 2 aliphatic rings. The fourth-order valence-corrected chi connectivity index (χ4v) is 5.96. The van der Waals surface area contributed by atoms with Gasteiger partial charge >= 0.3 is 18.3 Å². The summed E-state index contributed by atoms with van der Waals surface area (Å²) in [5, 5.41) is 13.2. The Morgan fingerprint density at radius 1 is 1.00 bits per heavy atom. The van der Waals surface area contributed by atoms with E-state index < -0.39 is 53.4 Å². The first kappa shape index (κ1) is 34.8. The number of hydrogen-bond acceptors (Lipinski definition) is 9. The maximum Gasteiger partial charge on any atom is 0.416 e. The minimum absolute atomic E-state index is 0.00549. The number of morpholine rings is 1. The molecule has 3 heterocycles. The van der Waals surface area contributed by atoms with Gasteiger partial charge in [-0.05, 0) is 54.6 Å². The number of carbonyl (C=O) groups excluding carboxylic acids is 2. The smallest absolute Gasteiger partial charge is 0.416 e. The topological polar surface area (TPSA) is 124 Å². The zero-order valence-electron chi connectivity index (χ0n) is 24.3. The number of carbonyl (C=O) groups is 3. The van der Waals surface area contributed by atoms with E-state index in [1.54, 1.807) is 12.1 Å². The first-order chi connectivity index (χ1) is 22.6. The van der Waals surface area contributed by atoms with E-state index >= 15 is 0 Å². The van der Waals surface area contributed by atoms with Crippen molar-refractivity contribution < 1.29 is 50.6 Å². The number of thioether (sulfide) groups is 1. The molecule has 3 aromatic rings. The number of hydrazine groups is 1. The molecule has 2 aliphatic heterocycles. The maximum atomic E-state index is 13.4. The Hall–Kier alpha value is -4.52. The molecule has 0 atom stereocenters. The van der Waals surface area contributed by atoms with Gasteiger partial charge in [-0.1, -0.05) is 30.0 Å². The number of alkyl halides is 6. The van der Waals surface area contributed by atoms with E-state index in [0.717, 1.165) is 16.8 Å². The number of nitrogens with one attached hydrogen (secondary N) is 2. The van der Waals surface area contributed by atoms with Gasteiger partial charge in [0.1, 0.15) is 0 Å². The van der Waals surface area contributed by atoms with Crippen molar-refractivity contribution in [2.45, 2.75) is 12.4 Å². The highest BCUT2D eigenvalue weighted by Gasteiger charge is 2.37. The van der Waals surface area contributed by atoms with Crippen LogP contribution in [-0.4, -0.2) is 70.1 Å². The summed E-state index contributed by atoms with van der Waals surface area (Å²) >= 11 is 6.06. The number of nitrogens with zero attached hydrogens (tertiary/aromatic N) is 3. The van der Waals surface area contributed by atoms with Crippen molar-refractivity contribution in [3.63, 3.8) is 0 Å². The Labute approximate surface area is 277 Å². The fourth-order valence-electron chi connectivity index (χ4n) is 4.75. The number of hydrogen-bond donors (Lipinski definition) is 3. The van der Waals surface area contributed by atoms with E-state index in [0.29, 0.717) is 44.1 Å². The number of benzene rings is 2. The second kappa shape index (κ2) is 13.9. The van der Waals surface area contributed by atoms with E-state index in [4.69, 9.17) is 17.0 Å². The molecule has 5 rings (SSSR count). The molecule has 48 heavy (non-hydrogen) atoms. The Bertz CT molecular complexity index is 1780. The van der Waals surface area contributed by atoms with Crippen molar-refractivity contribution >= 4 is 63.5 Å². The van der Waals surface area contributed by atoms with E-state index in [9.17, 15) is 45.8 Å². The van der Waals surface area contributed by atoms with Gasteiger partial charge < -0.3 is 20.1 Å². The summed E-state index contributed by atoms with van der Waals surface area (Å²) in [5.41, 5.74) is -0.320. The zero-order chi connectivity index (χ0) is 34.8. The molecule has 0 saturated carbocycles. The quantitative estimate of drug-likeness (QED) is 0.153. The van der Waals surface area contributed by atoms with Gasteiger partial charge in [-0.15, -0.1) is 0 Å². The van der Waals surface area contributed by atoms with Crippen LogP contribution in [0.2, 0.25) is 0 Å². The van der Waals surface area contributed by atoms with Crippen molar-refractivity contribution in [2.75, 3.05) is 43.1 Å². The SMILES string of the molecule is O=C(CNN1C(=O)/C(=C/c2cccc(-c3cc(C(F)(F)F)cc(C(F)(F)F)c3)n2)SC1=S)Nc1ccc(N2CCOCC2)c(C(=O)O)c1. The standard InChI is InChI=1S/C30H23F6N5O5S2/c31-29(32,33)17-10-16(11-18(12-17)30(34,35)36)22-3-1-2-19(38-22)14-24-26(43)41(28(47)48-24)37-15-25(42)39-20-4-5-23(21(13-20)27(44)45)40-6-8-46-9-7-40/h1-5,10-14,37H,6-9,15H2,(H,39,42)(H,44,45)/b24-14-. The van der Waals surface area contributed by atoms with Gasteiger partial charge in [0.05, 0.1) is 58.4 Å². The van der Waals surface area contributed by atoms with Gasteiger partial charge in [0.25, 0.3) is 5.91 Å². The molecule has 0 radical (unpaired) electrons. The molecular weight excluding hydrogens is 688 g/mol. The minimum Gasteiger partial charge on any atom is -0.478 e. The molecule has 252 valence electrons. The number of carboxylic acids is 1. The number of pyridine rings is 1. The highest BCUT2D eigenvalue weighted by atomic mass is 32.2. The average Bonchev–Trinajstić information content (AvgIpc) is 3.30. The number of aromatic nitrogens is 1. The number of thiocarbonyl (C=S) groups is 1. The third-order valence-electron chi connectivity index (χ3n) is 6.99. The Morgan fingerprint density at radius 3 is 2.29 bits per heavy atom. The van der Waals surface area contributed by atoms with Crippen LogP contribution in [0.5, 0.6) is 0 Å². The molecule has 1 aromatic heterocycles. The van der Waals surface area contributed by atoms with Crippen LogP contribution in [-0.2, 0) is 26.7 Å². The number of aromatic carboxylic acids is 1. The van der Waals surface area contributed by atoms with E-state index in [-0.39, 0.29) is 37.9 Å². The van der Waals surface area contributed by atoms with Gasteiger partial charge in [0.15, 0.2) is 4.32 Å². The highest BCUT2D eigenvalue weighted by Crippen LogP contribution is 2.39. The van der Waals surface area contributed by atoms with Gasteiger partial charge in [-0.2, -0.15) is 26.3 Å². The van der Waals surface area contributed by atoms with Gasteiger partial charge in [-0.3, -0.25) is 9.59 Å². The summed E-state index contributed by atoms with van der Waals surface area (Å²) in [6.45, 7) is 1.47. The molecule has 0 bridgehead atoms. The van der Waals surface area contributed by atoms with Gasteiger partial charge in [-0.25, -0.2) is 20.2 Å². The van der Waals surface area contributed by atoms with Gasteiger partial charge in [0, 0.05) is 24.3 Å². The van der Waals surface area contributed by atoms with E-state index in [1.807, 2.05) is 4.90 Å². The van der Waals surface area contributed by atoms with Crippen molar-refractivity contribution in [3.05, 3.63) is 81.9 Å². The third kappa shape index (κ3) is 8.12. The number of amides is 2. The van der Waals surface area contributed by atoms with Crippen LogP contribution in [0.3, 0.4) is 0 Å². The monoisotopic (exact) mass is 711 g/mol. The fraction of sp³-hybridized carbons (Fsp3) is 0.233. The third-order valence-corrected chi connectivity index (χ3v) is 8.29. The number of carboxylic acid groups (broad SMARTS) is 1. The van der Waals surface area contributed by atoms with Crippen LogP contribution in [0.1, 0.15) is 27.2 Å². The predicted octanol–water partition coefficient (Wildman–Crippen LogP) is 5.67. The molecule has 0 aliphatic carbocycles. The second-order valence-electron chi connectivity index (χ2n) is 10.3. The number of rotatable bonds is 8. The van der Waals surface area contributed by atoms with Crippen molar-refractivity contribution in [1.29, 1.82) is 0 Å². The van der Waals surface area contributed by atoms with Crippen LogP contribution in [0.15, 0.2) is 59.5 Å². The van der Waals surface area contributed by atoms with Crippen LogP contribution >= 0.6 is 24.0 Å². The second-order valence-corrected chi connectivity index (χ2v) is 12.0. The number of ether oxygens (including phenoxy) is 1. The molecular formula is C30H23F6N5O5S2. The molecule has 0 unspecified atom stereocenters.